The Bertz CT molecular complexity index is 1510. The maximum Gasteiger partial charge on any atom is 0.407 e. The molecule has 2 heterocycles. The molecule has 43 heavy (non-hydrogen) atoms. The summed E-state index contributed by atoms with van der Waals surface area (Å²) in [7, 11) is 0. The van der Waals surface area contributed by atoms with E-state index >= 15 is 0 Å². The van der Waals surface area contributed by atoms with Gasteiger partial charge in [0.05, 0.1) is 12.1 Å². The largest absolute Gasteiger partial charge is 0.444 e. The van der Waals surface area contributed by atoms with Crippen molar-refractivity contribution in [3.63, 3.8) is 0 Å². The van der Waals surface area contributed by atoms with Crippen molar-refractivity contribution in [2.45, 2.75) is 65.4 Å². The molecule has 2 aromatic carbocycles. The fraction of sp³-hybridized carbons (Fsp3) is 0.375. The van der Waals surface area contributed by atoms with Crippen molar-refractivity contribution in [2.24, 2.45) is 5.73 Å². The SMILES string of the molecule is Cc1ccc(-c2nc(C(N)=O)c3c(n2)N(c2cccc(C(=O)NCCCCCCNC(=O)OC(C)(C)C)c2)C(=O)C3)cc1. The van der Waals surface area contributed by atoms with Crippen molar-refractivity contribution in [1.82, 2.24) is 20.6 Å². The summed E-state index contributed by atoms with van der Waals surface area (Å²) in [5.74, 6) is -0.744. The zero-order chi connectivity index (χ0) is 31.1. The number of alkyl carbamates (subject to hydrolysis) is 1. The number of nitrogens with two attached hydrogens (primary N) is 1. The third-order valence-electron chi connectivity index (χ3n) is 6.74. The fourth-order valence-electron chi connectivity index (χ4n) is 4.67. The first kappa shape index (κ1) is 31.1. The number of carbonyl (C=O) groups is 4. The van der Waals surface area contributed by atoms with Crippen LogP contribution in [0.1, 0.15) is 78.4 Å². The first-order chi connectivity index (χ1) is 20.4. The van der Waals surface area contributed by atoms with E-state index in [0.717, 1.165) is 31.2 Å². The molecule has 0 bridgehead atoms. The number of aromatic nitrogens is 2. The Hall–Kier alpha value is -4.80. The van der Waals surface area contributed by atoms with Gasteiger partial charge in [-0.15, -0.1) is 0 Å². The standard InChI is InChI=1S/C32H38N6O5/c1-20-12-14-21(15-13-20)28-36-26(27(33)40)24-19-25(39)38(29(24)37-28)23-11-9-10-22(18-23)30(41)34-16-7-5-6-8-17-35-31(42)43-32(2,3)4/h9-15,18H,5-8,16-17,19H2,1-4H3,(H2,33,40)(H,34,41)(H,35,42). The number of primary amides is 1. The molecule has 11 nitrogen and oxygen atoms in total. The smallest absolute Gasteiger partial charge is 0.407 e. The highest BCUT2D eigenvalue weighted by Crippen LogP contribution is 2.37. The van der Waals surface area contributed by atoms with E-state index in [0.29, 0.717) is 35.5 Å². The van der Waals surface area contributed by atoms with Crippen LogP contribution in [0.25, 0.3) is 11.4 Å². The second-order valence-electron chi connectivity index (χ2n) is 11.5. The summed E-state index contributed by atoms with van der Waals surface area (Å²) in [6.45, 7) is 8.44. The number of hydrogen-bond acceptors (Lipinski definition) is 7. The number of aryl methyl sites for hydroxylation is 1. The highest BCUT2D eigenvalue weighted by Gasteiger charge is 2.35. The minimum Gasteiger partial charge on any atom is -0.444 e. The Morgan fingerprint density at radius 1 is 0.953 bits per heavy atom. The Labute approximate surface area is 251 Å². The van der Waals surface area contributed by atoms with Gasteiger partial charge >= 0.3 is 6.09 Å². The average Bonchev–Trinajstić information content (AvgIpc) is 3.28. The van der Waals surface area contributed by atoms with Crippen molar-refractivity contribution in [3.05, 3.63) is 70.9 Å². The normalized spacial score (nSPS) is 12.6. The predicted octanol–water partition coefficient (Wildman–Crippen LogP) is 4.59. The molecule has 0 aliphatic carbocycles. The molecule has 0 saturated carbocycles. The van der Waals surface area contributed by atoms with Crippen molar-refractivity contribution in [3.8, 4) is 11.4 Å². The minimum atomic E-state index is -0.742. The summed E-state index contributed by atoms with van der Waals surface area (Å²) in [6.07, 6.45) is 2.88. The van der Waals surface area contributed by atoms with Crippen LogP contribution in [0, 0.1) is 6.92 Å². The van der Waals surface area contributed by atoms with Gasteiger partial charge < -0.3 is 21.1 Å². The highest BCUT2D eigenvalue weighted by molar-refractivity contribution is 6.10. The molecule has 3 aromatic rings. The van der Waals surface area contributed by atoms with Crippen LogP contribution in [0.2, 0.25) is 0 Å². The van der Waals surface area contributed by atoms with Crippen molar-refractivity contribution >= 4 is 35.3 Å². The molecule has 1 aliphatic rings. The third-order valence-corrected chi connectivity index (χ3v) is 6.74. The number of anilines is 2. The van der Waals surface area contributed by atoms with Gasteiger partial charge in [0.15, 0.2) is 5.82 Å². The molecule has 226 valence electrons. The van der Waals surface area contributed by atoms with Crippen molar-refractivity contribution in [1.29, 1.82) is 0 Å². The molecule has 4 N–H and O–H groups in total. The lowest BCUT2D eigenvalue weighted by atomic mass is 10.1. The van der Waals surface area contributed by atoms with Gasteiger partial charge in [0, 0.05) is 29.8 Å². The number of hydrogen-bond donors (Lipinski definition) is 3. The fourth-order valence-corrected chi connectivity index (χ4v) is 4.67. The summed E-state index contributed by atoms with van der Waals surface area (Å²) >= 11 is 0. The Kier molecular flexibility index (Phi) is 9.74. The number of carbonyl (C=O) groups excluding carboxylic acids is 4. The van der Waals surface area contributed by atoms with Crippen molar-refractivity contribution < 1.29 is 23.9 Å². The second kappa shape index (κ2) is 13.5. The summed E-state index contributed by atoms with van der Waals surface area (Å²) in [6, 6.07) is 14.2. The van der Waals surface area contributed by atoms with E-state index in [1.165, 1.54) is 4.90 Å². The van der Waals surface area contributed by atoms with Gasteiger partial charge in [-0.05, 0) is 58.7 Å². The number of ether oxygens (including phenoxy) is 1. The van der Waals surface area contributed by atoms with Crippen LogP contribution in [0.5, 0.6) is 0 Å². The van der Waals surface area contributed by atoms with E-state index in [4.69, 9.17) is 10.5 Å². The number of amides is 4. The van der Waals surface area contributed by atoms with Gasteiger partial charge in [-0.1, -0.05) is 48.7 Å². The topological polar surface area (TPSA) is 157 Å². The van der Waals surface area contributed by atoms with Gasteiger partial charge in [-0.2, -0.15) is 0 Å². The summed E-state index contributed by atoms with van der Waals surface area (Å²) < 4.78 is 5.21. The zero-order valence-electron chi connectivity index (χ0n) is 25.0. The van der Waals surface area contributed by atoms with Crippen LogP contribution in [-0.4, -0.2) is 52.5 Å². The van der Waals surface area contributed by atoms with Gasteiger partial charge in [-0.25, -0.2) is 14.8 Å². The molecule has 1 aliphatic heterocycles. The third kappa shape index (κ3) is 8.15. The Morgan fingerprint density at radius 2 is 1.63 bits per heavy atom. The Morgan fingerprint density at radius 3 is 2.28 bits per heavy atom. The Balaban J connectivity index is 1.38. The summed E-state index contributed by atoms with van der Waals surface area (Å²) in [4.78, 5) is 60.5. The predicted molar refractivity (Wildman–Crippen MR) is 163 cm³/mol. The van der Waals surface area contributed by atoms with E-state index in [-0.39, 0.29) is 35.6 Å². The monoisotopic (exact) mass is 586 g/mol. The van der Waals surface area contributed by atoms with E-state index in [1.807, 2.05) is 52.0 Å². The van der Waals surface area contributed by atoms with Crippen LogP contribution in [-0.2, 0) is 16.0 Å². The first-order valence-electron chi connectivity index (χ1n) is 14.4. The average molecular weight is 587 g/mol. The lowest BCUT2D eigenvalue weighted by Crippen LogP contribution is -2.33. The number of nitrogens with one attached hydrogen (secondary N) is 2. The molecule has 0 atom stereocenters. The van der Waals surface area contributed by atoms with Gasteiger partial charge in [-0.3, -0.25) is 19.3 Å². The van der Waals surface area contributed by atoms with Crippen LogP contribution < -0.4 is 21.3 Å². The quantitative estimate of drug-likeness (QED) is 0.278. The maximum absolute atomic E-state index is 13.2. The molecular formula is C32H38N6O5. The van der Waals surface area contributed by atoms with Crippen LogP contribution in [0.15, 0.2) is 48.5 Å². The van der Waals surface area contributed by atoms with Crippen LogP contribution in [0.3, 0.4) is 0 Å². The van der Waals surface area contributed by atoms with Crippen LogP contribution >= 0.6 is 0 Å². The van der Waals surface area contributed by atoms with Crippen LogP contribution in [0.4, 0.5) is 16.3 Å². The number of benzene rings is 2. The molecule has 0 unspecified atom stereocenters. The molecule has 0 saturated heterocycles. The molecule has 0 fully saturated rings. The maximum atomic E-state index is 13.2. The van der Waals surface area contributed by atoms with E-state index in [9.17, 15) is 19.2 Å². The van der Waals surface area contributed by atoms with E-state index in [2.05, 4.69) is 20.6 Å². The molecular weight excluding hydrogens is 548 g/mol. The lowest BCUT2D eigenvalue weighted by molar-refractivity contribution is -0.116. The minimum absolute atomic E-state index is 0.00550. The summed E-state index contributed by atoms with van der Waals surface area (Å²) in [5.41, 5.74) is 8.08. The molecule has 1 aromatic heterocycles. The molecule has 4 rings (SSSR count). The number of unbranched alkanes of at least 4 members (excludes halogenated alkanes) is 3. The molecule has 0 radical (unpaired) electrons. The number of nitrogens with zero attached hydrogens (tertiary/aromatic N) is 3. The van der Waals surface area contributed by atoms with Gasteiger partial charge in [0.25, 0.3) is 11.8 Å². The lowest BCUT2D eigenvalue weighted by Gasteiger charge is -2.19. The molecule has 4 amide bonds. The van der Waals surface area contributed by atoms with E-state index < -0.39 is 17.6 Å². The molecule has 0 spiro atoms. The molecule has 11 heteroatoms. The summed E-state index contributed by atoms with van der Waals surface area (Å²) in [5, 5.41) is 5.66. The highest BCUT2D eigenvalue weighted by atomic mass is 16.6. The first-order valence-corrected chi connectivity index (χ1v) is 14.4. The van der Waals surface area contributed by atoms with E-state index in [1.54, 1.807) is 24.3 Å². The second-order valence-corrected chi connectivity index (χ2v) is 11.5. The van der Waals surface area contributed by atoms with Crippen molar-refractivity contribution in [2.75, 3.05) is 18.0 Å². The number of rotatable bonds is 11. The zero-order valence-corrected chi connectivity index (χ0v) is 25.0. The van der Waals surface area contributed by atoms with Gasteiger partial charge in [0.2, 0.25) is 5.91 Å². The number of fused-ring (bicyclic) bond motifs is 1. The van der Waals surface area contributed by atoms with Gasteiger partial charge in [0.1, 0.15) is 17.1 Å².